The highest BCUT2D eigenvalue weighted by atomic mass is 35.5. The Labute approximate surface area is 212 Å². The van der Waals surface area contributed by atoms with Crippen molar-refractivity contribution in [1.82, 2.24) is 9.88 Å². The molecule has 1 aromatic heterocycles. The number of fused-ring (bicyclic) bond motifs is 1. The molecular formula is C27H23ClF2N2O3S. The van der Waals surface area contributed by atoms with Crippen molar-refractivity contribution in [2.45, 2.75) is 29.1 Å². The number of H-pyrrole nitrogens is 1. The van der Waals surface area contributed by atoms with Gasteiger partial charge in [-0.3, -0.25) is 4.79 Å². The van der Waals surface area contributed by atoms with Crippen LogP contribution in [0.4, 0.5) is 8.78 Å². The highest BCUT2D eigenvalue weighted by Gasteiger charge is 2.34. The zero-order valence-corrected chi connectivity index (χ0v) is 20.8. The summed E-state index contributed by atoms with van der Waals surface area (Å²) in [5.74, 6) is -2.08. The van der Waals surface area contributed by atoms with Gasteiger partial charge in [-0.05, 0) is 61.1 Å². The van der Waals surface area contributed by atoms with Gasteiger partial charge >= 0.3 is 0 Å². The number of piperidine rings is 1. The minimum absolute atomic E-state index is 0.131. The van der Waals surface area contributed by atoms with Crippen molar-refractivity contribution in [3.63, 3.8) is 0 Å². The summed E-state index contributed by atoms with van der Waals surface area (Å²) in [5, 5.41) is 0.129. The molecule has 0 bridgehead atoms. The predicted octanol–water partition coefficient (Wildman–Crippen LogP) is 6.03. The fourth-order valence-electron chi connectivity index (χ4n) is 4.80. The zero-order valence-electron chi connectivity index (χ0n) is 19.2. The third-order valence-corrected chi connectivity index (χ3v) is 8.76. The van der Waals surface area contributed by atoms with Crippen molar-refractivity contribution >= 4 is 38.2 Å². The van der Waals surface area contributed by atoms with E-state index in [4.69, 9.17) is 11.6 Å². The van der Waals surface area contributed by atoms with Crippen molar-refractivity contribution in [3.05, 3.63) is 94.6 Å². The molecule has 1 aliphatic heterocycles. The fraction of sp³-hybridized carbons (Fsp3) is 0.222. The molecule has 0 spiro atoms. The molecule has 0 radical (unpaired) electrons. The topological polar surface area (TPSA) is 70.2 Å². The van der Waals surface area contributed by atoms with Gasteiger partial charge in [0.15, 0.2) is 0 Å². The summed E-state index contributed by atoms with van der Waals surface area (Å²) < 4.78 is 56.0. The highest BCUT2D eigenvalue weighted by Crippen LogP contribution is 2.35. The largest absolute Gasteiger partial charge is 0.347 e. The van der Waals surface area contributed by atoms with Crippen LogP contribution in [0.25, 0.3) is 10.9 Å². The van der Waals surface area contributed by atoms with E-state index in [2.05, 4.69) is 17.1 Å². The first-order chi connectivity index (χ1) is 17.2. The van der Waals surface area contributed by atoms with Gasteiger partial charge < -0.3 is 9.88 Å². The normalized spacial score (nSPS) is 14.9. The number of hydrogen-bond acceptors (Lipinski definition) is 3. The number of carbonyl (C=O) groups excluding carboxylic acids is 1. The molecule has 186 valence electrons. The average molecular weight is 529 g/mol. The van der Waals surface area contributed by atoms with Crippen LogP contribution in [0, 0.1) is 17.6 Å². The fourth-order valence-corrected chi connectivity index (χ4v) is 6.52. The molecule has 1 saturated heterocycles. The number of benzene rings is 3. The second-order valence-corrected chi connectivity index (χ2v) is 11.3. The van der Waals surface area contributed by atoms with Crippen LogP contribution in [0.3, 0.4) is 0 Å². The van der Waals surface area contributed by atoms with Gasteiger partial charge in [0.2, 0.25) is 9.84 Å². The maximum absolute atomic E-state index is 14.6. The van der Waals surface area contributed by atoms with Crippen LogP contribution in [-0.2, 0) is 16.3 Å². The van der Waals surface area contributed by atoms with Crippen LogP contribution in [0.2, 0.25) is 5.02 Å². The number of carbonyl (C=O) groups is 1. The minimum Gasteiger partial charge on any atom is -0.347 e. The number of rotatable bonds is 5. The maximum Gasteiger partial charge on any atom is 0.271 e. The van der Waals surface area contributed by atoms with Gasteiger partial charge in [0, 0.05) is 29.6 Å². The van der Waals surface area contributed by atoms with Gasteiger partial charge in [0.05, 0.1) is 10.4 Å². The summed E-state index contributed by atoms with van der Waals surface area (Å²) in [6.45, 7) is 0.867. The molecule has 4 aromatic rings. The minimum atomic E-state index is -4.31. The Hall–Kier alpha value is -3.23. The number of sulfone groups is 1. The zero-order chi connectivity index (χ0) is 25.4. The van der Waals surface area contributed by atoms with E-state index in [0.29, 0.717) is 30.1 Å². The number of amides is 1. The number of nitrogens with zero attached hydrogens (tertiary/aromatic N) is 1. The van der Waals surface area contributed by atoms with Crippen LogP contribution >= 0.6 is 11.6 Å². The van der Waals surface area contributed by atoms with Crippen LogP contribution in [0.5, 0.6) is 0 Å². The molecule has 0 unspecified atom stereocenters. The van der Waals surface area contributed by atoms with E-state index in [-0.39, 0.29) is 21.5 Å². The molecule has 5 nitrogen and oxygen atoms in total. The van der Waals surface area contributed by atoms with Crippen LogP contribution < -0.4 is 0 Å². The summed E-state index contributed by atoms with van der Waals surface area (Å²) in [6.07, 6.45) is 2.40. The lowest BCUT2D eigenvalue weighted by atomic mass is 9.90. The van der Waals surface area contributed by atoms with Gasteiger partial charge in [0.25, 0.3) is 5.91 Å². The lowest BCUT2D eigenvalue weighted by molar-refractivity contribution is 0.0681. The van der Waals surface area contributed by atoms with Crippen molar-refractivity contribution in [3.8, 4) is 0 Å². The predicted molar refractivity (Wildman–Crippen MR) is 134 cm³/mol. The van der Waals surface area contributed by atoms with E-state index in [0.717, 1.165) is 25.3 Å². The standard InChI is InChI=1S/C27H23ClF2N2O3S/c28-19-6-8-21(9-7-19)36(34,35)26-22-15-20(29)16-23(30)24(22)31-25(26)27(33)32-12-10-18(11-13-32)14-17-4-2-1-3-5-17/h1-9,15-16,18,31H,10-14H2. The van der Waals surface area contributed by atoms with Gasteiger partial charge in [-0.2, -0.15) is 0 Å². The molecule has 5 rings (SSSR count). The molecule has 0 aliphatic carbocycles. The molecule has 1 amide bonds. The quantitative estimate of drug-likeness (QED) is 0.344. The number of hydrogen-bond donors (Lipinski definition) is 1. The molecule has 9 heteroatoms. The van der Waals surface area contributed by atoms with E-state index >= 15 is 0 Å². The van der Waals surface area contributed by atoms with Gasteiger partial charge in [-0.1, -0.05) is 41.9 Å². The van der Waals surface area contributed by atoms with Gasteiger partial charge in [-0.25, -0.2) is 17.2 Å². The molecule has 0 saturated carbocycles. The molecule has 36 heavy (non-hydrogen) atoms. The smallest absolute Gasteiger partial charge is 0.271 e. The van der Waals surface area contributed by atoms with Crippen LogP contribution in [0.1, 0.15) is 28.9 Å². The number of nitrogens with one attached hydrogen (secondary N) is 1. The maximum atomic E-state index is 14.6. The van der Waals surface area contributed by atoms with E-state index in [1.54, 1.807) is 4.90 Å². The second kappa shape index (κ2) is 9.67. The van der Waals surface area contributed by atoms with Crippen molar-refractivity contribution in [1.29, 1.82) is 0 Å². The Kier molecular flexibility index (Phi) is 6.57. The van der Waals surface area contributed by atoms with Crippen LogP contribution in [0.15, 0.2) is 76.5 Å². The third kappa shape index (κ3) is 4.63. The number of halogens is 3. The summed E-state index contributed by atoms with van der Waals surface area (Å²) in [6, 6.07) is 17.1. The lowest BCUT2D eigenvalue weighted by Gasteiger charge is -2.32. The molecule has 0 atom stereocenters. The van der Waals surface area contributed by atoms with Crippen molar-refractivity contribution in [2.75, 3.05) is 13.1 Å². The monoisotopic (exact) mass is 528 g/mol. The Morgan fingerprint density at radius 3 is 2.33 bits per heavy atom. The first kappa shape index (κ1) is 24.5. The van der Waals surface area contributed by atoms with E-state index in [1.807, 2.05) is 18.2 Å². The third-order valence-electron chi connectivity index (χ3n) is 6.65. The van der Waals surface area contributed by atoms with Crippen molar-refractivity contribution < 1.29 is 22.0 Å². The van der Waals surface area contributed by atoms with Crippen molar-refractivity contribution in [2.24, 2.45) is 5.92 Å². The summed E-state index contributed by atoms with van der Waals surface area (Å²) >= 11 is 5.91. The Morgan fingerprint density at radius 2 is 1.67 bits per heavy atom. The Morgan fingerprint density at radius 1 is 1.00 bits per heavy atom. The van der Waals surface area contributed by atoms with E-state index in [1.165, 1.54) is 29.8 Å². The molecule has 1 N–H and O–H groups in total. The molecule has 3 aromatic carbocycles. The summed E-state index contributed by atoms with van der Waals surface area (Å²) in [7, 11) is -4.31. The second-order valence-electron chi connectivity index (χ2n) is 9.02. The first-order valence-corrected chi connectivity index (χ1v) is 13.4. The van der Waals surface area contributed by atoms with Crippen LogP contribution in [-0.4, -0.2) is 37.3 Å². The highest BCUT2D eigenvalue weighted by molar-refractivity contribution is 7.91. The van der Waals surface area contributed by atoms with Gasteiger partial charge in [-0.15, -0.1) is 0 Å². The SMILES string of the molecule is O=C(c1[nH]c2c(F)cc(F)cc2c1S(=O)(=O)c1ccc(Cl)cc1)N1CCC(Cc2ccccc2)CC1. The molecule has 1 fully saturated rings. The average Bonchev–Trinajstić information content (AvgIpc) is 3.25. The first-order valence-electron chi connectivity index (χ1n) is 11.6. The molecule has 2 heterocycles. The number of likely N-dealkylation sites (tertiary alicyclic amines) is 1. The van der Waals surface area contributed by atoms with E-state index < -0.39 is 32.3 Å². The number of aromatic amines is 1. The molecule has 1 aliphatic rings. The Balaban J connectivity index is 1.50. The summed E-state index contributed by atoms with van der Waals surface area (Å²) in [4.78, 5) is 17.2. The number of aromatic nitrogens is 1. The van der Waals surface area contributed by atoms with E-state index in [9.17, 15) is 22.0 Å². The molecular weight excluding hydrogens is 506 g/mol. The van der Waals surface area contributed by atoms with Gasteiger partial charge in [0.1, 0.15) is 22.2 Å². The summed E-state index contributed by atoms with van der Waals surface area (Å²) in [5.41, 5.74) is 0.726. The Bertz CT molecular complexity index is 1530. The lowest BCUT2D eigenvalue weighted by Crippen LogP contribution is -2.39.